The molecule has 2 aromatic carbocycles. The topological polar surface area (TPSA) is 33.2 Å². The molecule has 0 saturated heterocycles. The predicted molar refractivity (Wildman–Crippen MR) is 97.1 cm³/mol. The van der Waals surface area contributed by atoms with Crippen LogP contribution in [-0.4, -0.2) is 22.3 Å². The fourth-order valence-electron chi connectivity index (χ4n) is 3.22. The van der Waals surface area contributed by atoms with Crippen LogP contribution in [0.25, 0.3) is 10.6 Å². The number of benzene rings is 2. The number of carbonyl (C=O) groups excluding carboxylic acids is 1. The zero-order valence-corrected chi connectivity index (χ0v) is 14.9. The normalized spacial score (nSPS) is 13.6. The van der Waals surface area contributed by atoms with Crippen LogP contribution in [0.15, 0.2) is 42.5 Å². The van der Waals surface area contributed by atoms with Crippen molar-refractivity contribution in [3.63, 3.8) is 0 Å². The van der Waals surface area contributed by atoms with E-state index in [2.05, 4.69) is 11.1 Å². The van der Waals surface area contributed by atoms with Crippen molar-refractivity contribution in [3.05, 3.63) is 75.8 Å². The Kier molecular flexibility index (Phi) is 4.28. The molecule has 1 aromatic heterocycles. The molecule has 132 valence electrons. The minimum absolute atomic E-state index is 0.141. The number of fused-ring (bicyclic) bond motifs is 1. The highest BCUT2D eigenvalue weighted by atomic mass is 32.1. The summed E-state index contributed by atoms with van der Waals surface area (Å²) in [7, 11) is 0. The second-order valence-corrected chi connectivity index (χ2v) is 7.27. The minimum Gasteiger partial charge on any atom is -0.333 e. The number of halogens is 2. The van der Waals surface area contributed by atoms with Crippen molar-refractivity contribution in [2.45, 2.75) is 19.9 Å². The standard InChI is InChI=1S/C20H16F2N2OS/c1-12-18(26-19(23-12)17-15(21)7-4-8-16(17)22)20(25)24-10-9-13-5-2-3-6-14(13)11-24/h2-8H,9-11H2,1H3. The lowest BCUT2D eigenvalue weighted by Gasteiger charge is -2.28. The van der Waals surface area contributed by atoms with Gasteiger partial charge in [0.05, 0.1) is 11.3 Å². The molecule has 1 aliphatic heterocycles. The fraction of sp³-hybridized carbons (Fsp3) is 0.200. The molecule has 0 saturated carbocycles. The number of nitrogens with zero attached hydrogens (tertiary/aromatic N) is 2. The van der Waals surface area contributed by atoms with E-state index < -0.39 is 11.6 Å². The summed E-state index contributed by atoms with van der Waals surface area (Å²) < 4.78 is 28.1. The molecule has 0 spiro atoms. The molecular formula is C20H16F2N2OS. The Labute approximate surface area is 153 Å². The maximum atomic E-state index is 14.0. The van der Waals surface area contributed by atoms with Gasteiger partial charge in [0.2, 0.25) is 0 Å². The van der Waals surface area contributed by atoms with Gasteiger partial charge in [0.25, 0.3) is 5.91 Å². The van der Waals surface area contributed by atoms with Crippen molar-refractivity contribution >= 4 is 17.2 Å². The molecule has 1 aliphatic rings. The summed E-state index contributed by atoms with van der Waals surface area (Å²) in [5.74, 6) is -1.49. The van der Waals surface area contributed by atoms with E-state index in [1.807, 2.05) is 18.2 Å². The summed E-state index contributed by atoms with van der Waals surface area (Å²) in [6.45, 7) is 2.86. The third kappa shape index (κ3) is 2.90. The highest BCUT2D eigenvalue weighted by Gasteiger charge is 2.26. The minimum atomic E-state index is -0.676. The van der Waals surface area contributed by atoms with Crippen molar-refractivity contribution in [2.75, 3.05) is 6.54 Å². The van der Waals surface area contributed by atoms with Gasteiger partial charge in [0, 0.05) is 13.1 Å². The number of rotatable bonds is 2. The van der Waals surface area contributed by atoms with Gasteiger partial charge < -0.3 is 4.90 Å². The highest BCUT2D eigenvalue weighted by molar-refractivity contribution is 7.17. The number of aryl methyl sites for hydroxylation is 1. The molecule has 0 aliphatic carbocycles. The van der Waals surface area contributed by atoms with Crippen LogP contribution in [-0.2, 0) is 13.0 Å². The van der Waals surface area contributed by atoms with E-state index in [0.717, 1.165) is 23.3 Å². The van der Waals surface area contributed by atoms with E-state index in [1.54, 1.807) is 11.8 Å². The number of aromatic nitrogens is 1. The average Bonchev–Trinajstić information content (AvgIpc) is 3.01. The Balaban J connectivity index is 1.65. The molecule has 0 N–H and O–H groups in total. The van der Waals surface area contributed by atoms with Gasteiger partial charge in [0.15, 0.2) is 0 Å². The smallest absolute Gasteiger partial charge is 0.266 e. The molecule has 2 heterocycles. The molecule has 3 nitrogen and oxygen atoms in total. The number of hydrogen-bond acceptors (Lipinski definition) is 3. The summed E-state index contributed by atoms with van der Waals surface area (Å²) >= 11 is 1.04. The van der Waals surface area contributed by atoms with Gasteiger partial charge in [-0.25, -0.2) is 13.8 Å². The third-order valence-electron chi connectivity index (χ3n) is 4.59. The van der Waals surface area contributed by atoms with Crippen LogP contribution in [0.5, 0.6) is 0 Å². The first kappa shape index (κ1) is 16.8. The van der Waals surface area contributed by atoms with E-state index >= 15 is 0 Å². The first-order valence-corrected chi connectivity index (χ1v) is 9.14. The van der Waals surface area contributed by atoms with E-state index in [4.69, 9.17) is 0 Å². The van der Waals surface area contributed by atoms with Crippen molar-refractivity contribution in [2.24, 2.45) is 0 Å². The molecule has 0 radical (unpaired) electrons. The van der Waals surface area contributed by atoms with Crippen LogP contribution in [0, 0.1) is 18.6 Å². The molecule has 4 rings (SSSR count). The maximum absolute atomic E-state index is 14.0. The first-order valence-electron chi connectivity index (χ1n) is 8.32. The lowest BCUT2D eigenvalue weighted by Crippen LogP contribution is -2.35. The molecule has 0 atom stereocenters. The first-order chi connectivity index (χ1) is 12.5. The van der Waals surface area contributed by atoms with Crippen molar-refractivity contribution < 1.29 is 13.6 Å². The van der Waals surface area contributed by atoms with Crippen molar-refractivity contribution in [1.82, 2.24) is 9.88 Å². The fourth-order valence-corrected chi connectivity index (χ4v) is 4.30. The second kappa shape index (κ2) is 6.61. The Bertz CT molecular complexity index is 979. The van der Waals surface area contributed by atoms with Gasteiger partial charge in [-0.2, -0.15) is 0 Å². The Hall–Kier alpha value is -2.60. The second-order valence-electron chi connectivity index (χ2n) is 6.28. The van der Waals surface area contributed by atoms with E-state index in [0.29, 0.717) is 23.7 Å². The Morgan fingerprint density at radius 1 is 1.08 bits per heavy atom. The average molecular weight is 370 g/mol. The van der Waals surface area contributed by atoms with Gasteiger partial charge in [-0.05, 0) is 36.6 Å². The summed E-state index contributed by atoms with van der Waals surface area (Å²) in [6, 6.07) is 11.8. The van der Waals surface area contributed by atoms with Crippen LogP contribution in [0.2, 0.25) is 0 Å². The van der Waals surface area contributed by atoms with Crippen LogP contribution < -0.4 is 0 Å². The highest BCUT2D eigenvalue weighted by Crippen LogP contribution is 2.33. The summed E-state index contributed by atoms with van der Waals surface area (Å²) in [5, 5.41) is 0.193. The molecule has 6 heteroatoms. The van der Waals surface area contributed by atoms with Crippen molar-refractivity contribution in [3.8, 4) is 10.6 Å². The predicted octanol–water partition coefficient (Wildman–Crippen LogP) is 4.60. The largest absolute Gasteiger partial charge is 0.333 e. The number of amides is 1. The summed E-state index contributed by atoms with van der Waals surface area (Å²) in [4.78, 5) is 19.4. The molecular weight excluding hydrogens is 354 g/mol. The number of hydrogen-bond donors (Lipinski definition) is 0. The number of carbonyl (C=O) groups is 1. The summed E-state index contributed by atoms with van der Waals surface area (Å²) in [5.41, 5.74) is 2.71. The van der Waals surface area contributed by atoms with Gasteiger partial charge in [-0.15, -0.1) is 11.3 Å². The Morgan fingerprint density at radius 2 is 1.77 bits per heavy atom. The van der Waals surface area contributed by atoms with E-state index in [-0.39, 0.29) is 16.5 Å². The SMILES string of the molecule is Cc1nc(-c2c(F)cccc2F)sc1C(=O)N1CCc2ccccc2C1. The molecule has 26 heavy (non-hydrogen) atoms. The zero-order chi connectivity index (χ0) is 18.3. The van der Waals surface area contributed by atoms with Crippen LogP contribution in [0.3, 0.4) is 0 Å². The number of thiazole rings is 1. The van der Waals surface area contributed by atoms with Gasteiger partial charge in [0.1, 0.15) is 21.5 Å². The Morgan fingerprint density at radius 3 is 2.50 bits per heavy atom. The van der Waals surface area contributed by atoms with Crippen LogP contribution in [0.1, 0.15) is 26.5 Å². The van der Waals surface area contributed by atoms with Crippen LogP contribution >= 0.6 is 11.3 Å². The molecule has 0 unspecified atom stereocenters. The lowest BCUT2D eigenvalue weighted by atomic mass is 10.00. The third-order valence-corrected chi connectivity index (χ3v) is 5.75. The quantitative estimate of drug-likeness (QED) is 0.661. The van der Waals surface area contributed by atoms with Crippen LogP contribution in [0.4, 0.5) is 8.78 Å². The zero-order valence-electron chi connectivity index (χ0n) is 14.1. The monoisotopic (exact) mass is 370 g/mol. The molecule has 1 amide bonds. The summed E-state index contributed by atoms with van der Waals surface area (Å²) in [6.07, 6.45) is 0.800. The van der Waals surface area contributed by atoms with Gasteiger partial charge in [-0.1, -0.05) is 30.3 Å². The van der Waals surface area contributed by atoms with Gasteiger partial charge in [-0.3, -0.25) is 4.79 Å². The van der Waals surface area contributed by atoms with E-state index in [9.17, 15) is 13.6 Å². The van der Waals surface area contributed by atoms with Gasteiger partial charge >= 0.3 is 0 Å². The van der Waals surface area contributed by atoms with E-state index in [1.165, 1.54) is 23.8 Å². The molecule has 0 bridgehead atoms. The lowest BCUT2D eigenvalue weighted by molar-refractivity contribution is 0.0738. The van der Waals surface area contributed by atoms with Crippen molar-refractivity contribution in [1.29, 1.82) is 0 Å². The maximum Gasteiger partial charge on any atom is 0.266 e. The molecule has 3 aromatic rings. The molecule has 0 fully saturated rings.